The van der Waals surface area contributed by atoms with Crippen LogP contribution in [-0.4, -0.2) is 34.9 Å². The first-order valence-electron chi connectivity index (χ1n) is 7.96. The Labute approximate surface area is 128 Å². The minimum Gasteiger partial charge on any atom is -0.508 e. The lowest BCUT2D eigenvalue weighted by molar-refractivity contribution is 0.0120. The number of hydrogen-bond donors (Lipinski definition) is 1. The fourth-order valence-corrected chi connectivity index (χ4v) is 3.53. The van der Waals surface area contributed by atoms with Crippen LogP contribution in [-0.2, 0) is 0 Å². The number of amides is 1. The Morgan fingerprint density at radius 2 is 1.95 bits per heavy atom. The zero-order chi connectivity index (χ0) is 15.7. The summed E-state index contributed by atoms with van der Waals surface area (Å²) in [5, 5.41) is 10.2. The predicted octanol–water partition coefficient (Wildman–Crippen LogP) is 3.92. The first-order valence-corrected chi connectivity index (χ1v) is 7.96. The molecule has 1 aromatic carbocycles. The molecule has 1 amide bonds. The van der Waals surface area contributed by atoms with E-state index >= 15 is 0 Å². The third kappa shape index (κ3) is 3.08. The highest BCUT2D eigenvalue weighted by molar-refractivity contribution is 5.95. The normalized spacial score (nSPS) is 22.0. The fraction of sp³-hybridized carbons (Fsp3) is 0.588. The van der Waals surface area contributed by atoms with Crippen LogP contribution in [0.2, 0.25) is 0 Å². The Balaban J connectivity index is 1.75. The van der Waals surface area contributed by atoms with E-state index in [0.717, 1.165) is 36.1 Å². The van der Waals surface area contributed by atoms with Gasteiger partial charge in [0.25, 0.3) is 11.8 Å². The fourth-order valence-electron chi connectivity index (χ4n) is 3.53. The van der Waals surface area contributed by atoms with E-state index in [0.29, 0.717) is 5.92 Å². The van der Waals surface area contributed by atoms with Crippen molar-refractivity contribution < 1.29 is 18.7 Å². The average Bonchev–Trinajstić information content (AvgIpc) is 2.87. The highest BCUT2D eigenvalue weighted by Gasteiger charge is 2.40. The minimum absolute atomic E-state index is 0.0664. The molecule has 1 saturated carbocycles. The molecule has 5 heteroatoms. The van der Waals surface area contributed by atoms with Crippen molar-refractivity contribution in [2.24, 2.45) is 0 Å². The summed E-state index contributed by atoms with van der Waals surface area (Å²) in [6, 6.07) is 4.87. The van der Waals surface area contributed by atoms with Gasteiger partial charge in [0.1, 0.15) is 5.75 Å². The highest BCUT2D eigenvalue weighted by atomic mass is 19.3. The van der Waals surface area contributed by atoms with E-state index in [4.69, 9.17) is 0 Å². The van der Waals surface area contributed by atoms with Crippen LogP contribution in [0.5, 0.6) is 5.75 Å². The molecule has 120 valence electrons. The second-order valence-electron chi connectivity index (χ2n) is 6.44. The molecule has 1 aromatic rings. The molecule has 3 rings (SSSR count). The van der Waals surface area contributed by atoms with Crippen molar-refractivity contribution in [1.29, 1.82) is 0 Å². The second kappa shape index (κ2) is 5.86. The van der Waals surface area contributed by atoms with Crippen LogP contribution < -0.4 is 0 Å². The third-order valence-electron chi connectivity index (χ3n) is 4.78. The lowest BCUT2D eigenvalue weighted by Gasteiger charge is -2.23. The maximum Gasteiger partial charge on any atom is 0.267 e. The molecule has 0 aromatic heterocycles. The summed E-state index contributed by atoms with van der Waals surface area (Å²) in [4.78, 5) is 13.4. The van der Waals surface area contributed by atoms with Crippen molar-refractivity contribution in [3.8, 4) is 5.75 Å². The second-order valence-corrected chi connectivity index (χ2v) is 6.44. The summed E-state index contributed by atoms with van der Waals surface area (Å²) in [5.41, 5.74) is 1.16. The molecule has 22 heavy (non-hydrogen) atoms. The minimum atomic E-state index is -2.79. The number of benzene rings is 1. The van der Waals surface area contributed by atoms with Gasteiger partial charge >= 0.3 is 0 Å². The summed E-state index contributed by atoms with van der Waals surface area (Å²) in [6.45, 7) is -0.464. The molecule has 1 N–H and O–H groups in total. The van der Waals surface area contributed by atoms with Gasteiger partial charge in [0, 0.05) is 18.5 Å². The number of phenolic OH excluding ortho intramolecular Hbond substituents is 1. The van der Waals surface area contributed by atoms with Crippen LogP contribution in [0.15, 0.2) is 18.2 Å². The molecule has 2 fully saturated rings. The van der Waals surface area contributed by atoms with Crippen molar-refractivity contribution in [2.45, 2.75) is 50.4 Å². The number of rotatable bonds is 2. The molecule has 1 aliphatic carbocycles. The Morgan fingerprint density at radius 1 is 1.23 bits per heavy atom. The first kappa shape index (κ1) is 15.3. The smallest absolute Gasteiger partial charge is 0.267 e. The van der Waals surface area contributed by atoms with Crippen molar-refractivity contribution in [3.05, 3.63) is 29.3 Å². The lowest BCUT2D eigenvalue weighted by Crippen LogP contribution is -2.31. The first-order chi connectivity index (χ1) is 10.5. The van der Waals surface area contributed by atoms with Gasteiger partial charge < -0.3 is 10.0 Å². The van der Waals surface area contributed by atoms with Crippen LogP contribution >= 0.6 is 0 Å². The van der Waals surface area contributed by atoms with E-state index in [1.807, 2.05) is 0 Å². The number of alkyl halides is 2. The summed E-state index contributed by atoms with van der Waals surface area (Å²) in [7, 11) is 0. The van der Waals surface area contributed by atoms with Crippen molar-refractivity contribution in [3.63, 3.8) is 0 Å². The van der Waals surface area contributed by atoms with E-state index in [2.05, 4.69) is 0 Å². The molecule has 0 bridgehead atoms. The monoisotopic (exact) mass is 309 g/mol. The summed E-state index contributed by atoms with van der Waals surface area (Å²) in [5.74, 6) is -2.76. The summed E-state index contributed by atoms with van der Waals surface area (Å²) < 4.78 is 26.4. The molecule has 0 radical (unpaired) electrons. The van der Waals surface area contributed by atoms with Gasteiger partial charge in [-0.3, -0.25) is 4.79 Å². The van der Waals surface area contributed by atoms with Crippen LogP contribution in [0.1, 0.15) is 60.4 Å². The lowest BCUT2D eigenvalue weighted by atomic mass is 9.83. The van der Waals surface area contributed by atoms with Crippen LogP contribution in [0, 0.1) is 0 Å². The quantitative estimate of drug-likeness (QED) is 0.899. The van der Waals surface area contributed by atoms with Gasteiger partial charge in [0.15, 0.2) is 0 Å². The summed E-state index contributed by atoms with van der Waals surface area (Å²) >= 11 is 0. The molecule has 0 unspecified atom stereocenters. The van der Waals surface area contributed by atoms with Gasteiger partial charge in [-0.2, -0.15) is 0 Å². The molecule has 1 aliphatic heterocycles. The number of nitrogens with zero attached hydrogens (tertiary/aromatic N) is 1. The molecule has 2 aliphatic rings. The average molecular weight is 309 g/mol. The van der Waals surface area contributed by atoms with Crippen LogP contribution in [0.4, 0.5) is 8.78 Å². The van der Waals surface area contributed by atoms with E-state index in [9.17, 15) is 18.7 Å². The van der Waals surface area contributed by atoms with E-state index < -0.39 is 18.4 Å². The number of carbonyl (C=O) groups excluding carboxylic acids is 1. The molecule has 3 nitrogen and oxygen atoms in total. The Morgan fingerprint density at radius 3 is 2.55 bits per heavy atom. The third-order valence-corrected chi connectivity index (χ3v) is 4.78. The van der Waals surface area contributed by atoms with Crippen molar-refractivity contribution in [1.82, 2.24) is 4.90 Å². The molecule has 1 heterocycles. The predicted molar refractivity (Wildman–Crippen MR) is 79.4 cm³/mol. The Kier molecular flexibility index (Phi) is 4.06. The van der Waals surface area contributed by atoms with Crippen LogP contribution in [0.3, 0.4) is 0 Å². The number of aromatic hydroxyl groups is 1. The Bertz CT molecular complexity index is 568. The largest absolute Gasteiger partial charge is 0.508 e. The molecular weight excluding hydrogens is 288 g/mol. The van der Waals surface area contributed by atoms with Gasteiger partial charge in [0.05, 0.1) is 6.54 Å². The number of carbonyl (C=O) groups is 1. The Hall–Kier alpha value is -1.65. The standard InChI is InChI=1S/C17H21F2NO2/c18-17(19)8-9-20(11-17)16(22)13-6-7-14(15(21)10-13)12-4-2-1-3-5-12/h6-7,10,12,21H,1-5,8-9,11H2. The van der Waals surface area contributed by atoms with Gasteiger partial charge in [0.2, 0.25) is 0 Å². The van der Waals surface area contributed by atoms with Crippen LogP contribution in [0.25, 0.3) is 0 Å². The number of phenols is 1. The zero-order valence-corrected chi connectivity index (χ0v) is 12.5. The van der Waals surface area contributed by atoms with E-state index in [1.54, 1.807) is 12.1 Å². The molecule has 0 spiro atoms. The molecular formula is C17H21F2NO2. The van der Waals surface area contributed by atoms with Gasteiger partial charge in [-0.1, -0.05) is 25.3 Å². The maximum absolute atomic E-state index is 13.2. The van der Waals surface area contributed by atoms with E-state index in [1.165, 1.54) is 12.5 Å². The zero-order valence-electron chi connectivity index (χ0n) is 12.5. The topological polar surface area (TPSA) is 40.5 Å². The number of hydrogen-bond acceptors (Lipinski definition) is 2. The SMILES string of the molecule is O=C(c1ccc(C2CCCCC2)c(O)c1)N1CCC(F)(F)C1. The maximum atomic E-state index is 13.2. The molecule has 1 saturated heterocycles. The summed E-state index contributed by atoms with van der Waals surface area (Å²) in [6.07, 6.45) is 5.38. The highest BCUT2D eigenvalue weighted by Crippen LogP contribution is 2.37. The number of likely N-dealkylation sites (tertiary alicyclic amines) is 1. The van der Waals surface area contributed by atoms with Gasteiger partial charge in [-0.15, -0.1) is 0 Å². The molecule has 0 atom stereocenters. The number of halogens is 2. The van der Waals surface area contributed by atoms with Gasteiger partial charge in [-0.25, -0.2) is 8.78 Å². The van der Waals surface area contributed by atoms with Crippen molar-refractivity contribution in [2.75, 3.05) is 13.1 Å². The van der Waals surface area contributed by atoms with Gasteiger partial charge in [-0.05, 0) is 36.5 Å². The van der Waals surface area contributed by atoms with Crippen molar-refractivity contribution >= 4 is 5.91 Å². The van der Waals surface area contributed by atoms with E-state index in [-0.39, 0.29) is 24.3 Å².